The zero-order valence-electron chi connectivity index (χ0n) is 20.7. The Bertz CT molecular complexity index is 2050. The number of nitrogen functional groups attached to an aromatic ring is 1. The Hall–Kier alpha value is -5.37. The van der Waals surface area contributed by atoms with Crippen molar-refractivity contribution in [2.75, 3.05) is 5.73 Å². The van der Waals surface area contributed by atoms with Crippen LogP contribution in [0.4, 0.5) is 5.95 Å². The van der Waals surface area contributed by atoms with E-state index in [1.54, 1.807) is 53.4 Å². The molecule has 0 bridgehead atoms. The number of ketones is 2. The van der Waals surface area contributed by atoms with Gasteiger partial charge in [-0.3, -0.25) is 19.0 Å². The summed E-state index contributed by atoms with van der Waals surface area (Å²) < 4.78 is 3.09. The van der Waals surface area contributed by atoms with E-state index in [4.69, 9.17) is 5.73 Å². The highest BCUT2D eigenvalue weighted by molar-refractivity contribution is 6.28. The van der Waals surface area contributed by atoms with E-state index in [0.29, 0.717) is 34.3 Å². The minimum absolute atomic E-state index is 0.0148. The van der Waals surface area contributed by atoms with Crippen LogP contribution < -0.4 is 11.3 Å². The molecule has 188 valence electrons. The smallest absolute Gasteiger partial charge is 0.281 e. The average molecular weight is 512 g/mol. The lowest BCUT2D eigenvalue weighted by Crippen LogP contribution is -2.28. The maximum Gasteiger partial charge on any atom is 0.281 e. The third-order valence-corrected chi connectivity index (χ3v) is 7.30. The first-order valence-electron chi connectivity index (χ1n) is 12.5. The number of hydrogen-bond donors (Lipinski definition) is 1. The third kappa shape index (κ3) is 3.57. The van der Waals surface area contributed by atoms with Crippen molar-refractivity contribution >= 4 is 39.5 Å². The Labute approximate surface area is 222 Å². The standard InChI is InChI=1S/C31H21N5O3/c32-31-34-29-26(35(17-33-29)15-18-12-13-19-6-1-2-7-20(19)14-18)30(39)36(31)16-21-8-5-11-24-25(21)28(38)23-10-4-3-9-22(23)27(24)37/h1-14,17H,15-16H2,(H2,32,34). The normalized spacial score (nSPS) is 12.6. The van der Waals surface area contributed by atoms with Gasteiger partial charge in [-0.1, -0.05) is 78.9 Å². The van der Waals surface area contributed by atoms with E-state index in [1.807, 2.05) is 30.3 Å². The van der Waals surface area contributed by atoms with Crippen LogP contribution in [0.2, 0.25) is 0 Å². The molecule has 2 aromatic heterocycles. The predicted molar refractivity (Wildman–Crippen MR) is 148 cm³/mol. The fourth-order valence-electron chi connectivity index (χ4n) is 5.40. The van der Waals surface area contributed by atoms with Gasteiger partial charge < -0.3 is 10.3 Å². The Morgan fingerprint density at radius 2 is 1.44 bits per heavy atom. The van der Waals surface area contributed by atoms with Crippen molar-refractivity contribution in [3.8, 4) is 0 Å². The van der Waals surface area contributed by atoms with Crippen molar-refractivity contribution in [2.24, 2.45) is 0 Å². The number of anilines is 1. The molecule has 0 amide bonds. The summed E-state index contributed by atoms with van der Waals surface area (Å²) in [5.74, 6) is -0.488. The van der Waals surface area contributed by atoms with Gasteiger partial charge in [-0.15, -0.1) is 0 Å². The molecule has 0 fully saturated rings. The van der Waals surface area contributed by atoms with Crippen LogP contribution in [0.1, 0.15) is 43.0 Å². The lowest BCUT2D eigenvalue weighted by Gasteiger charge is -2.20. The minimum atomic E-state index is -0.372. The Balaban J connectivity index is 1.31. The van der Waals surface area contributed by atoms with Crippen molar-refractivity contribution in [3.05, 3.63) is 135 Å². The molecule has 0 saturated heterocycles. The second kappa shape index (κ2) is 8.59. The lowest BCUT2D eigenvalue weighted by molar-refractivity contribution is 0.0978. The number of fused-ring (bicyclic) bond motifs is 4. The molecule has 4 aromatic carbocycles. The molecule has 0 spiro atoms. The van der Waals surface area contributed by atoms with Gasteiger partial charge in [0, 0.05) is 28.8 Å². The highest BCUT2D eigenvalue weighted by atomic mass is 16.1. The molecule has 7 rings (SSSR count). The molecule has 8 nitrogen and oxygen atoms in total. The Morgan fingerprint density at radius 1 is 0.718 bits per heavy atom. The minimum Gasteiger partial charge on any atom is -0.369 e. The second-order valence-electron chi connectivity index (χ2n) is 9.63. The number of hydrogen-bond acceptors (Lipinski definition) is 6. The molecule has 1 aliphatic carbocycles. The molecule has 0 saturated carbocycles. The van der Waals surface area contributed by atoms with Crippen LogP contribution in [-0.2, 0) is 13.1 Å². The van der Waals surface area contributed by atoms with Crippen molar-refractivity contribution in [2.45, 2.75) is 13.1 Å². The molecule has 2 heterocycles. The molecular weight excluding hydrogens is 490 g/mol. The summed E-state index contributed by atoms with van der Waals surface area (Å²) in [5.41, 5.74) is 9.29. The van der Waals surface area contributed by atoms with E-state index in [0.717, 1.165) is 16.3 Å². The number of benzene rings is 4. The maximum absolute atomic E-state index is 13.8. The summed E-state index contributed by atoms with van der Waals surface area (Å²) in [5, 5.41) is 2.24. The average Bonchev–Trinajstić information content (AvgIpc) is 3.35. The molecule has 1 aliphatic rings. The second-order valence-corrected chi connectivity index (χ2v) is 9.63. The summed E-state index contributed by atoms with van der Waals surface area (Å²) in [6, 6.07) is 26.1. The molecule has 8 heteroatoms. The largest absolute Gasteiger partial charge is 0.369 e. The third-order valence-electron chi connectivity index (χ3n) is 7.30. The van der Waals surface area contributed by atoms with Gasteiger partial charge in [0.25, 0.3) is 5.56 Å². The van der Waals surface area contributed by atoms with E-state index in [-0.39, 0.29) is 40.8 Å². The summed E-state index contributed by atoms with van der Waals surface area (Å²) in [4.78, 5) is 49.1. The van der Waals surface area contributed by atoms with E-state index in [1.165, 1.54) is 4.57 Å². The van der Waals surface area contributed by atoms with E-state index in [2.05, 4.69) is 22.1 Å². The van der Waals surface area contributed by atoms with E-state index < -0.39 is 0 Å². The monoisotopic (exact) mass is 511 g/mol. The van der Waals surface area contributed by atoms with Crippen LogP contribution in [-0.4, -0.2) is 30.7 Å². The predicted octanol–water partition coefficient (Wildman–Crippen LogP) is 4.20. The maximum atomic E-state index is 13.8. The number of imidazole rings is 1. The highest BCUT2D eigenvalue weighted by Crippen LogP contribution is 2.30. The molecule has 39 heavy (non-hydrogen) atoms. The first-order valence-corrected chi connectivity index (χ1v) is 12.5. The van der Waals surface area contributed by atoms with E-state index >= 15 is 0 Å². The number of aromatic nitrogens is 4. The number of nitrogens with zero attached hydrogens (tertiary/aromatic N) is 4. The van der Waals surface area contributed by atoms with Gasteiger partial charge >= 0.3 is 0 Å². The summed E-state index contributed by atoms with van der Waals surface area (Å²) >= 11 is 0. The van der Waals surface area contributed by atoms with Gasteiger partial charge in [-0.25, -0.2) is 4.98 Å². The van der Waals surface area contributed by atoms with Gasteiger partial charge in [0.05, 0.1) is 12.9 Å². The topological polar surface area (TPSA) is 113 Å². The van der Waals surface area contributed by atoms with Crippen LogP contribution in [0, 0.1) is 0 Å². The van der Waals surface area contributed by atoms with Crippen molar-refractivity contribution < 1.29 is 9.59 Å². The molecule has 0 unspecified atom stereocenters. The molecule has 6 aromatic rings. The first-order chi connectivity index (χ1) is 19.0. The number of nitrogens with two attached hydrogens (primary N) is 1. The van der Waals surface area contributed by atoms with Crippen LogP contribution in [0.5, 0.6) is 0 Å². The van der Waals surface area contributed by atoms with Crippen LogP contribution >= 0.6 is 0 Å². The quantitative estimate of drug-likeness (QED) is 0.379. The summed E-state index contributed by atoms with van der Waals surface area (Å²) in [7, 11) is 0. The lowest BCUT2D eigenvalue weighted by atomic mass is 9.82. The zero-order chi connectivity index (χ0) is 26.7. The Kier molecular flexibility index (Phi) is 5.02. The van der Waals surface area contributed by atoms with Crippen molar-refractivity contribution in [3.63, 3.8) is 0 Å². The van der Waals surface area contributed by atoms with Crippen molar-refractivity contribution in [1.29, 1.82) is 0 Å². The van der Waals surface area contributed by atoms with Crippen LogP contribution in [0.25, 0.3) is 21.9 Å². The Morgan fingerprint density at radius 3 is 2.26 bits per heavy atom. The van der Waals surface area contributed by atoms with E-state index in [9.17, 15) is 14.4 Å². The SMILES string of the molecule is Nc1nc2ncn(Cc3ccc4ccccc4c3)c2c(=O)n1Cc1cccc2c1C(=O)c1ccccc1C2=O. The number of rotatable bonds is 4. The molecule has 0 atom stereocenters. The van der Waals surface area contributed by atoms with Gasteiger partial charge in [-0.05, 0) is 28.0 Å². The van der Waals surface area contributed by atoms with Crippen molar-refractivity contribution in [1.82, 2.24) is 19.1 Å². The van der Waals surface area contributed by atoms with Gasteiger partial charge in [0.2, 0.25) is 5.95 Å². The van der Waals surface area contributed by atoms with Crippen LogP contribution in [0.15, 0.2) is 96.1 Å². The number of carbonyl (C=O) groups is 2. The summed E-state index contributed by atoms with van der Waals surface area (Å²) in [6.45, 7) is 0.409. The summed E-state index contributed by atoms with van der Waals surface area (Å²) in [6.07, 6.45) is 1.58. The fourth-order valence-corrected chi connectivity index (χ4v) is 5.40. The molecular formula is C31H21N5O3. The molecule has 0 aliphatic heterocycles. The highest BCUT2D eigenvalue weighted by Gasteiger charge is 2.31. The number of carbonyl (C=O) groups excluding carboxylic acids is 2. The zero-order valence-corrected chi connectivity index (χ0v) is 20.7. The van der Waals surface area contributed by atoms with Gasteiger partial charge in [0.1, 0.15) is 0 Å². The fraction of sp³-hybridized carbons (Fsp3) is 0.0645. The van der Waals surface area contributed by atoms with Crippen LogP contribution in [0.3, 0.4) is 0 Å². The molecule has 0 radical (unpaired) electrons. The van der Waals surface area contributed by atoms with Gasteiger partial charge in [0.15, 0.2) is 22.7 Å². The molecule has 2 N–H and O–H groups in total. The first kappa shape index (κ1) is 22.8. The van der Waals surface area contributed by atoms with Gasteiger partial charge in [-0.2, -0.15) is 4.98 Å².